The summed E-state index contributed by atoms with van der Waals surface area (Å²) in [5.74, 6) is 0. The Morgan fingerprint density at radius 1 is 1.03 bits per heavy atom. The molecule has 14 heteroatoms. The zero-order valence-electron chi connectivity index (χ0n) is 21.8. The van der Waals surface area contributed by atoms with Gasteiger partial charge in [-0.1, -0.05) is 38.7 Å². The molecule has 0 spiro atoms. The van der Waals surface area contributed by atoms with Gasteiger partial charge in [0.1, 0.15) is 0 Å². The Morgan fingerprint density at radius 2 is 1.54 bits per heavy atom. The zero-order valence-corrected chi connectivity index (χ0v) is 23.8. The monoisotopic (exact) mass is 600 g/mol. The first-order valence-corrected chi connectivity index (χ1v) is 13.5. The zero-order chi connectivity index (χ0) is 27.6. The Bertz CT molecular complexity index is 765. The molecule has 0 saturated carbocycles. The minimum absolute atomic E-state index is 0. The summed E-state index contributed by atoms with van der Waals surface area (Å²) in [7, 11) is -1.68. The normalized spacial score (nSPS) is 17.0. The molecule has 1 aliphatic rings. The van der Waals surface area contributed by atoms with Gasteiger partial charge < -0.3 is 24.6 Å². The second kappa shape index (κ2) is 21.0. The van der Waals surface area contributed by atoms with E-state index in [1.54, 1.807) is 0 Å². The molecule has 1 saturated heterocycles. The van der Waals surface area contributed by atoms with E-state index in [0.29, 0.717) is 6.42 Å². The van der Waals surface area contributed by atoms with Crippen molar-refractivity contribution in [2.75, 3.05) is 60.0 Å². The molecule has 0 amide bonds. The Balaban J connectivity index is 0. The van der Waals surface area contributed by atoms with E-state index in [1.165, 1.54) is 18.5 Å². The molecule has 1 aromatic heterocycles. The number of pyridine rings is 1. The van der Waals surface area contributed by atoms with Crippen LogP contribution in [0.2, 0.25) is 0 Å². The van der Waals surface area contributed by atoms with Gasteiger partial charge in [0.15, 0.2) is 10.1 Å². The molecule has 37 heavy (non-hydrogen) atoms. The smallest absolute Gasteiger partial charge is 0.853 e. The van der Waals surface area contributed by atoms with Crippen LogP contribution in [-0.4, -0.2) is 109 Å². The molecule has 0 aromatic carbocycles. The van der Waals surface area contributed by atoms with Crippen molar-refractivity contribution in [3.8, 4) is 0 Å². The SMILES string of the molecule is CCCCCCC([18OH])C[O-].CN1CCN(C)CCN(Cc2ccccn2)CC1.O=S(=O)([O-])C(F)(F)F.[Fe+3]. The van der Waals surface area contributed by atoms with Crippen LogP contribution in [-0.2, 0) is 33.7 Å². The minimum Gasteiger partial charge on any atom is -0.853 e. The summed E-state index contributed by atoms with van der Waals surface area (Å²) < 4.78 is 58.9. The van der Waals surface area contributed by atoms with Crippen LogP contribution in [0.25, 0.3) is 0 Å². The van der Waals surface area contributed by atoms with Gasteiger partial charge in [-0.25, -0.2) is 8.42 Å². The fourth-order valence-electron chi connectivity index (χ4n) is 3.07. The van der Waals surface area contributed by atoms with Crippen LogP contribution in [0.5, 0.6) is 0 Å². The van der Waals surface area contributed by atoms with Crippen molar-refractivity contribution in [3.05, 3.63) is 30.1 Å². The summed E-state index contributed by atoms with van der Waals surface area (Å²) in [6.45, 7) is 9.61. The first-order valence-electron chi connectivity index (χ1n) is 12.1. The molecule has 0 bridgehead atoms. The second-order valence-corrected chi connectivity index (χ2v) is 10.1. The van der Waals surface area contributed by atoms with E-state index in [4.69, 9.17) is 18.1 Å². The molecule has 1 fully saturated rings. The molecule has 2 rings (SSSR count). The van der Waals surface area contributed by atoms with Crippen molar-refractivity contribution in [3.63, 3.8) is 0 Å². The maximum absolute atomic E-state index is 10.7. The van der Waals surface area contributed by atoms with Crippen LogP contribution in [0.1, 0.15) is 44.7 Å². The number of hydrogen-bond acceptors (Lipinski definition) is 9. The number of aliphatic hydroxyl groups is 1. The van der Waals surface area contributed by atoms with E-state index >= 15 is 0 Å². The number of aromatic nitrogens is 1. The average Bonchev–Trinajstić information content (AvgIpc) is 2.89. The van der Waals surface area contributed by atoms with Crippen molar-refractivity contribution in [2.24, 2.45) is 0 Å². The Morgan fingerprint density at radius 3 is 1.95 bits per heavy atom. The van der Waals surface area contributed by atoms with Crippen LogP contribution in [0.15, 0.2) is 24.4 Å². The van der Waals surface area contributed by atoms with Crippen molar-refractivity contribution in [1.82, 2.24) is 19.7 Å². The molecule has 217 valence electrons. The van der Waals surface area contributed by atoms with Crippen molar-refractivity contribution in [2.45, 2.75) is 57.2 Å². The molecular formula is C23H41F3FeN4O5S+. The maximum atomic E-state index is 10.7. The number of unbranched alkanes of at least 4 members (excludes halogenated alkanes) is 3. The topological polar surface area (TPSA) is 123 Å². The third-order valence-corrected chi connectivity index (χ3v) is 6.00. The summed E-state index contributed by atoms with van der Waals surface area (Å²) in [5, 5.41) is 18.9. The van der Waals surface area contributed by atoms with Crippen molar-refractivity contribution < 1.29 is 53.4 Å². The van der Waals surface area contributed by atoms with E-state index in [2.05, 4.69) is 52.8 Å². The van der Waals surface area contributed by atoms with Gasteiger partial charge >= 0.3 is 22.6 Å². The molecule has 1 radical (unpaired) electrons. The fraction of sp³-hybridized carbons (Fsp3) is 0.783. The van der Waals surface area contributed by atoms with Crippen LogP contribution >= 0.6 is 0 Å². The molecule has 1 aromatic rings. The number of halogens is 3. The number of aliphatic hydroxyl groups excluding tert-OH is 1. The van der Waals surface area contributed by atoms with Crippen LogP contribution in [0, 0.1) is 0 Å². The molecule has 1 N–H and O–H groups in total. The molecule has 0 aliphatic carbocycles. The van der Waals surface area contributed by atoms with Gasteiger partial charge in [-0.2, -0.15) is 13.2 Å². The van der Waals surface area contributed by atoms with Gasteiger partial charge in [0.05, 0.1) is 5.69 Å². The number of alkyl halides is 3. The van der Waals surface area contributed by atoms with Gasteiger partial charge in [-0.3, -0.25) is 9.88 Å². The van der Waals surface area contributed by atoms with Crippen LogP contribution in [0.3, 0.4) is 0 Å². The molecule has 9 nitrogen and oxygen atoms in total. The fourth-order valence-corrected chi connectivity index (χ4v) is 3.07. The van der Waals surface area contributed by atoms with Crippen LogP contribution < -0.4 is 5.11 Å². The molecular weight excluding hydrogens is 559 g/mol. The third kappa shape index (κ3) is 20.8. The Labute approximate surface area is 230 Å². The molecule has 1 aliphatic heterocycles. The second-order valence-electron chi connectivity index (χ2n) is 8.77. The maximum Gasteiger partial charge on any atom is 3.00 e. The minimum atomic E-state index is -6.09. The first kappa shape index (κ1) is 38.3. The molecule has 1 atom stereocenters. The van der Waals surface area contributed by atoms with E-state index in [9.17, 15) is 18.3 Å². The van der Waals surface area contributed by atoms with Gasteiger partial charge in [0.25, 0.3) is 0 Å². The van der Waals surface area contributed by atoms with E-state index in [-0.39, 0.29) is 23.7 Å². The number of nitrogens with zero attached hydrogens (tertiary/aromatic N) is 4. The van der Waals surface area contributed by atoms with Gasteiger partial charge in [-0.05, 0) is 32.6 Å². The number of likely N-dealkylation sites (N-methyl/N-ethyl adjacent to an activating group) is 2. The largest absolute Gasteiger partial charge is 3.00 e. The molecule has 2 heterocycles. The van der Waals surface area contributed by atoms with Crippen LogP contribution in [0.4, 0.5) is 13.2 Å². The van der Waals surface area contributed by atoms with E-state index < -0.39 is 21.7 Å². The predicted molar refractivity (Wildman–Crippen MR) is 130 cm³/mol. The summed E-state index contributed by atoms with van der Waals surface area (Å²) in [6.07, 6.45) is 6.52. The van der Waals surface area contributed by atoms with Gasteiger partial charge in [-0.15, -0.1) is 6.61 Å². The van der Waals surface area contributed by atoms with E-state index in [0.717, 1.165) is 58.7 Å². The average molecular weight is 601 g/mol. The summed E-state index contributed by atoms with van der Waals surface area (Å²) in [5.41, 5.74) is -4.48. The first-order chi connectivity index (χ1) is 16.8. The van der Waals surface area contributed by atoms with E-state index in [1.807, 2.05) is 12.3 Å². The number of rotatable bonds is 8. The summed E-state index contributed by atoms with van der Waals surface area (Å²) >= 11 is 0. The van der Waals surface area contributed by atoms with Gasteiger partial charge in [0, 0.05) is 58.1 Å². The van der Waals surface area contributed by atoms with Crippen molar-refractivity contribution >= 4 is 10.1 Å². The quantitative estimate of drug-likeness (QED) is 0.156. The standard InChI is InChI=1S/C14H24N4.C8H17O2.CHF3O3S.Fe/c1-16-7-8-17(2)10-12-18(11-9-16)13-14-5-3-4-6-15-14;1-2-3-4-5-6-8(10)7-9;2-1(3,4)8(5,6)7;/h3-6H,7-13H2,1-2H3;8,10H,2-7H2,1H3;(H,5,6,7);/q;-1;;+3/p-1/i;10+2;;. The molecule has 1 unspecified atom stereocenters. The van der Waals surface area contributed by atoms with Gasteiger partial charge in [0.2, 0.25) is 0 Å². The Kier molecular flexibility index (Phi) is 21.8. The summed E-state index contributed by atoms with van der Waals surface area (Å²) in [4.78, 5) is 11.7. The summed E-state index contributed by atoms with van der Waals surface area (Å²) in [6, 6.07) is 6.15. The number of hydrogen-bond donors (Lipinski definition) is 1. The predicted octanol–water partition coefficient (Wildman–Crippen LogP) is 1.49. The Hall–Kier alpha value is -0.831. The van der Waals surface area contributed by atoms with Crippen molar-refractivity contribution in [1.29, 1.82) is 0 Å². The third-order valence-electron chi connectivity index (χ3n) is 5.44.